The highest BCUT2D eigenvalue weighted by Crippen LogP contribution is 2.37. The van der Waals surface area contributed by atoms with E-state index in [1.165, 1.54) is 43.1 Å². The van der Waals surface area contributed by atoms with Gasteiger partial charge in [0.2, 0.25) is 0 Å². The SMILES string of the molecule is C=CC(=O)OCCC[Si]1(C[SiH]2CCCCO2)CCCC(C(=C)C)O1. The smallest absolute Gasteiger partial charge is 0.330 e. The van der Waals surface area contributed by atoms with Crippen LogP contribution >= 0.6 is 0 Å². The topological polar surface area (TPSA) is 44.8 Å². The highest BCUT2D eigenvalue weighted by atomic mass is 28.4. The molecule has 2 aliphatic heterocycles. The quantitative estimate of drug-likeness (QED) is 0.214. The van der Waals surface area contributed by atoms with Gasteiger partial charge in [-0.25, -0.2) is 4.79 Å². The van der Waals surface area contributed by atoms with Crippen LogP contribution in [-0.4, -0.2) is 42.6 Å². The molecular formula is C18H32O4Si2. The number of carbonyl (C=O) groups excluding carboxylic acids is 1. The van der Waals surface area contributed by atoms with Gasteiger partial charge in [-0.05, 0) is 50.0 Å². The lowest BCUT2D eigenvalue weighted by atomic mass is 10.1. The van der Waals surface area contributed by atoms with E-state index in [9.17, 15) is 4.79 Å². The van der Waals surface area contributed by atoms with Gasteiger partial charge in [-0.3, -0.25) is 0 Å². The van der Waals surface area contributed by atoms with Crippen molar-refractivity contribution in [3.05, 3.63) is 24.8 Å². The maximum atomic E-state index is 11.2. The van der Waals surface area contributed by atoms with Gasteiger partial charge in [-0.1, -0.05) is 31.6 Å². The number of hydrogen-bond donors (Lipinski definition) is 0. The van der Waals surface area contributed by atoms with E-state index in [1.807, 2.05) is 0 Å². The van der Waals surface area contributed by atoms with Crippen molar-refractivity contribution in [3.8, 4) is 0 Å². The van der Waals surface area contributed by atoms with Gasteiger partial charge in [0.25, 0.3) is 0 Å². The standard InChI is InChI=1S/C18H32O4Si2/c1-4-18(19)20-10-8-14-24(15-23-12-6-5-11-21-23)13-7-9-17(22-24)16(2)3/h4,17,23H,1-2,5-15H2,3H3. The van der Waals surface area contributed by atoms with Gasteiger partial charge in [-0.15, -0.1) is 0 Å². The molecule has 2 fully saturated rings. The summed E-state index contributed by atoms with van der Waals surface area (Å²) in [7, 11) is -2.94. The first-order valence-corrected chi connectivity index (χ1v) is 13.9. The summed E-state index contributed by atoms with van der Waals surface area (Å²) in [6.07, 6.45) is 7.20. The molecule has 0 amide bonds. The molecule has 2 aliphatic rings. The van der Waals surface area contributed by atoms with Crippen molar-refractivity contribution in [2.45, 2.75) is 68.9 Å². The molecule has 136 valence electrons. The Morgan fingerprint density at radius 2 is 2.25 bits per heavy atom. The van der Waals surface area contributed by atoms with E-state index in [0.717, 1.165) is 31.1 Å². The fraction of sp³-hybridized carbons (Fsp3) is 0.722. The zero-order valence-corrected chi connectivity index (χ0v) is 17.2. The van der Waals surface area contributed by atoms with Crippen molar-refractivity contribution in [2.24, 2.45) is 0 Å². The molecule has 0 saturated carbocycles. The molecule has 6 heteroatoms. The summed E-state index contributed by atoms with van der Waals surface area (Å²) < 4.78 is 18.0. The molecule has 2 saturated heterocycles. The average molecular weight is 369 g/mol. The van der Waals surface area contributed by atoms with Crippen LogP contribution in [0.25, 0.3) is 0 Å². The summed E-state index contributed by atoms with van der Waals surface area (Å²) in [5.41, 5.74) is 2.36. The summed E-state index contributed by atoms with van der Waals surface area (Å²) in [6.45, 7) is 11.0. The monoisotopic (exact) mass is 368 g/mol. The van der Waals surface area contributed by atoms with E-state index >= 15 is 0 Å². The molecule has 0 radical (unpaired) electrons. The molecule has 0 bridgehead atoms. The highest BCUT2D eigenvalue weighted by Gasteiger charge is 2.42. The lowest BCUT2D eigenvalue weighted by molar-refractivity contribution is -0.137. The zero-order valence-electron chi connectivity index (χ0n) is 15.1. The molecule has 0 aromatic carbocycles. The molecule has 0 N–H and O–H groups in total. The van der Waals surface area contributed by atoms with E-state index in [1.54, 1.807) is 0 Å². The molecule has 2 heterocycles. The highest BCUT2D eigenvalue weighted by molar-refractivity contribution is 6.84. The predicted molar refractivity (Wildman–Crippen MR) is 102 cm³/mol. The minimum absolute atomic E-state index is 0.221. The lowest BCUT2D eigenvalue weighted by Gasteiger charge is -2.42. The molecule has 2 rings (SSSR count). The Morgan fingerprint density at radius 1 is 1.42 bits per heavy atom. The Balaban J connectivity index is 1.95. The Bertz CT molecular complexity index is 448. The summed E-state index contributed by atoms with van der Waals surface area (Å²) in [5.74, 6) is -0.333. The maximum absolute atomic E-state index is 11.2. The van der Waals surface area contributed by atoms with Gasteiger partial charge < -0.3 is 13.6 Å². The molecule has 0 aliphatic carbocycles. The minimum atomic E-state index is -1.82. The van der Waals surface area contributed by atoms with Gasteiger partial charge in [-0.2, -0.15) is 0 Å². The largest absolute Gasteiger partial charge is 0.463 e. The number of rotatable bonds is 8. The number of esters is 1. The third kappa shape index (κ3) is 5.99. The predicted octanol–water partition coefficient (Wildman–Crippen LogP) is 3.88. The van der Waals surface area contributed by atoms with Crippen molar-refractivity contribution in [1.82, 2.24) is 0 Å². The van der Waals surface area contributed by atoms with Gasteiger partial charge >= 0.3 is 5.97 Å². The van der Waals surface area contributed by atoms with Crippen LogP contribution in [-0.2, 0) is 18.4 Å². The number of hydrogen-bond acceptors (Lipinski definition) is 4. The summed E-state index contributed by atoms with van der Waals surface area (Å²) in [4.78, 5) is 11.2. The van der Waals surface area contributed by atoms with Crippen LogP contribution < -0.4 is 0 Å². The van der Waals surface area contributed by atoms with Crippen LogP contribution in [0.1, 0.15) is 39.0 Å². The minimum Gasteiger partial charge on any atom is -0.463 e. The van der Waals surface area contributed by atoms with Crippen LogP contribution in [0, 0.1) is 0 Å². The van der Waals surface area contributed by atoms with E-state index in [4.69, 9.17) is 13.6 Å². The van der Waals surface area contributed by atoms with Crippen molar-refractivity contribution in [2.75, 3.05) is 13.2 Å². The van der Waals surface area contributed by atoms with Crippen molar-refractivity contribution in [3.63, 3.8) is 0 Å². The third-order valence-electron chi connectivity index (χ3n) is 5.10. The van der Waals surface area contributed by atoms with E-state index in [-0.39, 0.29) is 12.1 Å². The third-order valence-corrected chi connectivity index (χ3v) is 15.0. The zero-order chi connectivity index (χ0) is 17.4. The molecule has 3 atom stereocenters. The van der Waals surface area contributed by atoms with Gasteiger partial charge in [0, 0.05) is 12.7 Å². The first-order valence-electron chi connectivity index (χ1n) is 9.29. The van der Waals surface area contributed by atoms with E-state index < -0.39 is 17.4 Å². The summed E-state index contributed by atoms with van der Waals surface area (Å²) in [5, 5.41) is 0. The summed E-state index contributed by atoms with van der Waals surface area (Å²) in [6, 6.07) is 3.58. The van der Waals surface area contributed by atoms with Crippen LogP contribution in [0.15, 0.2) is 24.8 Å². The van der Waals surface area contributed by atoms with Crippen molar-refractivity contribution >= 4 is 23.3 Å². The first-order chi connectivity index (χ1) is 11.5. The average Bonchev–Trinajstić information content (AvgIpc) is 2.59. The number of carbonyl (C=O) groups is 1. The fourth-order valence-corrected chi connectivity index (χ4v) is 14.9. The van der Waals surface area contributed by atoms with Crippen LogP contribution in [0.4, 0.5) is 0 Å². The van der Waals surface area contributed by atoms with Crippen LogP contribution in [0.3, 0.4) is 0 Å². The molecular weight excluding hydrogens is 336 g/mol. The molecule has 0 spiro atoms. The fourth-order valence-electron chi connectivity index (χ4n) is 3.82. The molecule has 0 aromatic rings. The molecule has 3 unspecified atom stereocenters. The van der Waals surface area contributed by atoms with E-state index in [2.05, 4.69) is 20.1 Å². The summed E-state index contributed by atoms with van der Waals surface area (Å²) >= 11 is 0. The van der Waals surface area contributed by atoms with E-state index in [0.29, 0.717) is 6.61 Å². The van der Waals surface area contributed by atoms with Crippen molar-refractivity contribution in [1.29, 1.82) is 0 Å². The number of ether oxygens (including phenoxy) is 1. The van der Waals surface area contributed by atoms with Gasteiger partial charge in [0.05, 0.1) is 12.7 Å². The first kappa shape index (κ1) is 19.6. The Hall–Kier alpha value is -0.696. The molecule has 0 aromatic heterocycles. The van der Waals surface area contributed by atoms with Crippen LogP contribution in [0.5, 0.6) is 0 Å². The molecule has 4 nitrogen and oxygen atoms in total. The second-order valence-electron chi connectivity index (χ2n) is 7.20. The van der Waals surface area contributed by atoms with Gasteiger partial charge in [0.1, 0.15) is 0 Å². The van der Waals surface area contributed by atoms with Crippen molar-refractivity contribution < 1.29 is 18.4 Å². The Kier molecular flexibility index (Phi) is 7.93. The Morgan fingerprint density at radius 3 is 2.92 bits per heavy atom. The second kappa shape index (κ2) is 9.70. The van der Waals surface area contributed by atoms with Gasteiger partial charge in [0.15, 0.2) is 17.4 Å². The maximum Gasteiger partial charge on any atom is 0.330 e. The second-order valence-corrected chi connectivity index (χ2v) is 14.6. The normalized spacial score (nSPS) is 30.5. The molecule has 24 heavy (non-hydrogen) atoms. The Labute approximate surface area is 149 Å². The van der Waals surface area contributed by atoms with Crippen LogP contribution in [0.2, 0.25) is 23.8 Å². The lowest BCUT2D eigenvalue weighted by Crippen LogP contribution is -2.49.